The van der Waals surface area contributed by atoms with E-state index in [1.807, 2.05) is 0 Å². The third-order valence-corrected chi connectivity index (χ3v) is 4.86. The van der Waals surface area contributed by atoms with Crippen LogP contribution in [0.4, 0.5) is 15.0 Å². The van der Waals surface area contributed by atoms with Gasteiger partial charge in [-0.1, -0.05) is 29.8 Å². The van der Waals surface area contributed by atoms with Gasteiger partial charge in [0.25, 0.3) is 0 Å². The summed E-state index contributed by atoms with van der Waals surface area (Å²) in [7, 11) is 1.46. The van der Waals surface area contributed by atoms with Crippen LogP contribution >= 0.6 is 11.6 Å². The Balaban J connectivity index is 2.02. The van der Waals surface area contributed by atoms with E-state index in [-0.39, 0.29) is 24.3 Å². The fourth-order valence-corrected chi connectivity index (χ4v) is 3.43. The monoisotopic (exact) mass is 392 g/mol. The van der Waals surface area contributed by atoms with E-state index in [9.17, 15) is 14.0 Å². The molecule has 1 saturated heterocycles. The van der Waals surface area contributed by atoms with Crippen LogP contribution in [0.2, 0.25) is 5.02 Å². The molecule has 0 saturated carbocycles. The fraction of sp³-hybridized carbons (Fsp3) is 0.278. The lowest BCUT2D eigenvalue weighted by atomic mass is 9.85. The maximum atomic E-state index is 14.6. The Hall–Kier alpha value is -2.71. The summed E-state index contributed by atoms with van der Waals surface area (Å²) in [5, 5.41) is 2.99. The molecular weight excluding hydrogens is 375 g/mol. The number of urea groups is 1. The van der Waals surface area contributed by atoms with Crippen molar-refractivity contribution in [3.63, 3.8) is 0 Å². The van der Waals surface area contributed by atoms with Crippen LogP contribution in [-0.2, 0) is 15.1 Å². The first-order chi connectivity index (χ1) is 12.9. The number of nitrogens with zero attached hydrogens (tertiary/aromatic N) is 2. The van der Waals surface area contributed by atoms with Gasteiger partial charge in [-0.15, -0.1) is 0 Å². The molecule has 9 heteroatoms. The van der Waals surface area contributed by atoms with Gasteiger partial charge in [0, 0.05) is 25.3 Å². The van der Waals surface area contributed by atoms with E-state index in [0.717, 1.165) is 0 Å². The summed E-state index contributed by atoms with van der Waals surface area (Å²) < 4.78 is 19.9. The van der Waals surface area contributed by atoms with Gasteiger partial charge in [0.15, 0.2) is 5.54 Å². The number of amides is 3. The van der Waals surface area contributed by atoms with E-state index in [4.69, 9.17) is 22.1 Å². The molecule has 1 aliphatic rings. The number of methoxy groups -OCH3 is 1. The van der Waals surface area contributed by atoms with Crippen LogP contribution in [0.3, 0.4) is 0 Å². The number of ether oxygens (including phenoxy) is 1. The van der Waals surface area contributed by atoms with E-state index >= 15 is 0 Å². The molecule has 2 atom stereocenters. The van der Waals surface area contributed by atoms with E-state index in [2.05, 4.69) is 10.3 Å². The average molecular weight is 393 g/mol. The van der Waals surface area contributed by atoms with Crippen molar-refractivity contribution in [2.45, 2.75) is 18.1 Å². The predicted octanol–water partition coefficient (Wildman–Crippen LogP) is 2.51. The van der Waals surface area contributed by atoms with Gasteiger partial charge < -0.3 is 15.4 Å². The van der Waals surface area contributed by atoms with Crippen molar-refractivity contribution in [2.24, 2.45) is 5.73 Å². The number of rotatable bonds is 4. The number of aromatic nitrogens is 1. The lowest BCUT2D eigenvalue weighted by Crippen LogP contribution is -2.55. The van der Waals surface area contributed by atoms with Crippen molar-refractivity contribution >= 4 is 29.4 Å². The third-order valence-electron chi connectivity index (χ3n) is 4.64. The van der Waals surface area contributed by atoms with E-state index in [1.165, 1.54) is 42.5 Å². The minimum atomic E-state index is -1.68. The quantitative estimate of drug-likeness (QED) is 0.835. The maximum Gasteiger partial charge on any atom is 0.324 e. The number of nitrogens with one attached hydrogen (secondary N) is 1. The molecule has 3 N–H and O–H groups in total. The molecule has 1 aliphatic heterocycles. The molecule has 142 valence electrons. The van der Waals surface area contributed by atoms with Crippen molar-refractivity contribution in [2.75, 3.05) is 19.0 Å². The van der Waals surface area contributed by atoms with Crippen LogP contribution in [0.15, 0.2) is 42.6 Å². The molecule has 27 heavy (non-hydrogen) atoms. The second-order valence-corrected chi connectivity index (χ2v) is 6.61. The fourth-order valence-electron chi connectivity index (χ4n) is 3.32. The van der Waals surface area contributed by atoms with Gasteiger partial charge in [-0.05, 0) is 18.2 Å². The highest BCUT2D eigenvalue weighted by Gasteiger charge is 2.55. The summed E-state index contributed by atoms with van der Waals surface area (Å²) in [6.07, 6.45) is 0.930. The molecule has 2 aromatic rings. The molecule has 0 spiro atoms. The number of hydrogen-bond donors (Lipinski definition) is 2. The standard InChI is InChI=1S/C18H18ClFN4O3/c1-27-12-8-18(16(21)25,13-4-2-3-5-14(13)20)24(10-12)17(26)23-15-7-6-11(19)9-22-15/h2-7,9,12H,8,10H2,1H3,(H2,21,25)(H,22,23,26). The second kappa shape index (κ2) is 7.50. The zero-order valence-corrected chi connectivity index (χ0v) is 15.2. The van der Waals surface area contributed by atoms with Crippen LogP contribution in [-0.4, -0.2) is 41.6 Å². The van der Waals surface area contributed by atoms with Crippen LogP contribution in [0.1, 0.15) is 12.0 Å². The predicted molar refractivity (Wildman–Crippen MR) is 97.7 cm³/mol. The molecule has 1 aromatic carbocycles. The summed E-state index contributed by atoms with van der Waals surface area (Å²) in [5.41, 5.74) is 4.02. The average Bonchev–Trinajstić information content (AvgIpc) is 3.05. The second-order valence-electron chi connectivity index (χ2n) is 6.17. The zero-order chi connectivity index (χ0) is 19.6. The summed E-state index contributed by atoms with van der Waals surface area (Å²) in [4.78, 5) is 30.6. The number of nitrogens with two attached hydrogens (primary N) is 1. The van der Waals surface area contributed by atoms with Crippen LogP contribution < -0.4 is 11.1 Å². The van der Waals surface area contributed by atoms with Crippen LogP contribution in [0.5, 0.6) is 0 Å². The number of carbonyl (C=O) groups is 2. The number of likely N-dealkylation sites (tertiary alicyclic amines) is 1. The maximum absolute atomic E-state index is 14.6. The number of halogens is 2. The number of carbonyl (C=O) groups excluding carboxylic acids is 2. The molecule has 2 heterocycles. The zero-order valence-electron chi connectivity index (χ0n) is 14.5. The Kier molecular flexibility index (Phi) is 5.29. The molecule has 0 radical (unpaired) electrons. The van der Waals surface area contributed by atoms with Gasteiger partial charge in [-0.2, -0.15) is 0 Å². The van der Waals surface area contributed by atoms with Gasteiger partial charge >= 0.3 is 6.03 Å². The van der Waals surface area contributed by atoms with Crippen molar-refractivity contribution in [1.29, 1.82) is 0 Å². The van der Waals surface area contributed by atoms with Crippen molar-refractivity contribution < 1.29 is 18.7 Å². The molecule has 2 unspecified atom stereocenters. The summed E-state index contributed by atoms with van der Waals surface area (Å²) in [6.45, 7) is 0.0627. The molecule has 7 nitrogen and oxygen atoms in total. The highest BCUT2D eigenvalue weighted by molar-refractivity contribution is 6.30. The van der Waals surface area contributed by atoms with E-state index < -0.39 is 29.4 Å². The topological polar surface area (TPSA) is 97.6 Å². The Morgan fingerprint density at radius 1 is 1.37 bits per heavy atom. The molecule has 3 amide bonds. The number of hydrogen-bond acceptors (Lipinski definition) is 4. The first-order valence-electron chi connectivity index (χ1n) is 8.16. The lowest BCUT2D eigenvalue weighted by molar-refractivity contribution is -0.127. The van der Waals surface area contributed by atoms with E-state index in [0.29, 0.717) is 5.02 Å². The van der Waals surface area contributed by atoms with Gasteiger partial charge in [-0.25, -0.2) is 14.2 Å². The van der Waals surface area contributed by atoms with Gasteiger partial charge in [0.2, 0.25) is 5.91 Å². The minimum Gasteiger partial charge on any atom is -0.379 e. The van der Waals surface area contributed by atoms with Crippen LogP contribution in [0.25, 0.3) is 0 Å². The smallest absolute Gasteiger partial charge is 0.324 e. The summed E-state index contributed by atoms with van der Waals surface area (Å²) in [6, 6.07) is 8.17. The highest BCUT2D eigenvalue weighted by Crippen LogP contribution is 2.41. The number of anilines is 1. The number of pyridine rings is 1. The van der Waals surface area contributed by atoms with Gasteiger partial charge in [-0.3, -0.25) is 10.1 Å². The van der Waals surface area contributed by atoms with Crippen LogP contribution in [0, 0.1) is 5.82 Å². The largest absolute Gasteiger partial charge is 0.379 e. The Labute approximate surface area is 160 Å². The third kappa shape index (κ3) is 3.45. The Morgan fingerprint density at radius 2 is 2.11 bits per heavy atom. The normalized spacial score (nSPS) is 21.9. The Bertz CT molecular complexity index is 864. The number of primary amides is 1. The van der Waals surface area contributed by atoms with Crippen molar-refractivity contribution in [3.05, 3.63) is 59.0 Å². The highest BCUT2D eigenvalue weighted by atomic mass is 35.5. The first kappa shape index (κ1) is 19.1. The lowest BCUT2D eigenvalue weighted by Gasteiger charge is -2.35. The van der Waals surface area contributed by atoms with E-state index in [1.54, 1.807) is 12.1 Å². The summed E-state index contributed by atoms with van der Waals surface area (Å²) >= 11 is 5.79. The molecule has 0 bridgehead atoms. The Morgan fingerprint density at radius 3 is 2.70 bits per heavy atom. The molecule has 1 fully saturated rings. The molecule has 3 rings (SSSR count). The molecule has 0 aliphatic carbocycles. The van der Waals surface area contributed by atoms with Gasteiger partial charge in [0.05, 0.1) is 17.7 Å². The SMILES string of the molecule is COC1CN(C(=O)Nc2ccc(Cl)cn2)C(C(N)=O)(c2ccccc2F)C1. The summed E-state index contributed by atoms with van der Waals surface area (Å²) in [5.74, 6) is -1.24. The minimum absolute atomic E-state index is 0.0243. The van der Waals surface area contributed by atoms with Crippen molar-refractivity contribution in [3.8, 4) is 0 Å². The number of benzene rings is 1. The van der Waals surface area contributed by atoms with Crippen molar-refractivity contribution in [1.82, 2.24) is 9.88 Å². The molecular formula is C18H18ClFN4O3. The molecule has 1 aromatic heterocycles. The van der Waals surface area contributed by atoms with Gasteiger partial charge in [0.1, 0.15) is 11.6 Å². The first-order valence-corrected chi connectivity index (χ1v) is 8.54.